The van der Waals surface area contributed by atoms with Gasteiger partial charge in [0.15, 0.2) is 0 Å². The number of halogens is 1. The number of hydrogen-bond acceptors (Lipinski definition) is 4. The molecule has 0 saturated carbocycles. The molecule has 0 saturated heterocycles. The summed E-state index contributed by atoms with van der Waals surface area (Å²) in [4.78, 5) is 27.6. The first-order valence-electron chi connectivity index (χ1n) is 7.84. The first-order chi connectivity index (χ1) is 10.9. The van der Waals surface area contributed by atoms with E-state index in [0.29, 0.717) is 0 Å². The van der Waals surface area contributed by atoms with Crippen molar-refractivity contribution >= 4 is 12.0 Å². The Bertz CT molecular complexity index is 599. The lowest BCUT2D eigenvalue weighted by Crippen LogP contribution is -2.57. The Morgan fingerprint density at radius 1 is 1.29 bits per heavy atom. The van der Waals surface area contributed by atoms with Crippen LogP contribution in [0.25, 0.3) is 0 Å². The number of rotatable bonds is 5. The highest BCUT2D eigenvalue weighted by molar-refractivity contribution is 5.94. The van der Waals surface area contributed by atoms with Gasteiger partial charge in [-0.15, -0.1) is 0 Å². The normalized spacial score (nSPS) is 14.0. The van der Waals surface area contributed by atoms with Crippen LogP contribution in [-0.2, 0) is 4.74 Å². The number of carbonyl (C=O) groups is 2. The molecule has 1 aromatic rings. The van der Waals surface area contributed by atoms with E-state index in [1.807, 2.05) is 20.8 Å². The molecule has 1 rings (SSSR count). The van der Waals surface area contributed by atoms with Crippen molar-refractivity contribution in [2.24, 2.45) is 5.92 Å². The molecule has 0 aliphatic carbocycles. The molecule has 0 aliphatic rings. The molecule has 0 radical (unpaired) electrons. The van der Waals surface area contributed by atoms with Crippen molar-refractivity contribution in [1.82, 2.24) is 15.6 Å². The van der Waals surface area contributed by atoms with E-state index in [1.165, 1.54) is 12.3 Å². The third-order valence-corrected chi connectivity index (χ3v) is 3.66. The molecule has 1 heterocycles. The van der Waals surface area contributed by atoms with Gasteiger partial charge in [0.05, 0.1) is 5.54 Å². The average Bonchev–Trinajstić information content (AvgIpc) is 2.43. The van der Waals surface area contributed by atoms with E-state index in [0.717, 1.165) is 6.07 Å². The largest absolute Gasteiger partial charge is 0.444 e. The average molecular weight is 339 g/mol. The molecule has 1 atom stereocenters. The maximum atomic E-state index is 13.2. The number of alkyl carbamates (subject to hydrolysis) is 1. The van der Waals surface area contributed by atoms with E-state index in [2.05, 4.69) is 15.6 Å². The van der Waals surface area contributed by atoms with Gasteiger partial charge in [-0.2, -0.15) is 4.39 Å². The Kier molecular flexibility index (Phi) is 6.29. The van der Waals surface area contributed by atoms with Crippen LogP contribution in [0.3, 0.4) is 0 Å². The van der Waals surface area contributed by atoms with Crippen LogP contribution in [0.2, 0.25) is 0 Å². The molecular weight excluding hydrogens is 313 g/mol. The first-order valence-corrected chi connectivity index (χ1v) is 7.84. The van der Waals surface area contributed by atoms with E-state index in [9.17, 15) is 14.0 Å². The molecule has 2 amide bonds. The zero-order chi connectivity index (χ0) is 18.5. The molecule has 24 heavy (non-hydrogen) atoms. The fourth-order valence-electron chi connectivity index (χ4n) is 1.84. The minimum Gasteiger partial charge on any atom is -0.444 e. The SMILES string of the molecule is CC(C)C(C)(CNC(=O)OC(C)(C)C)NC(=O)c1ccnc(F)c1. The maximum absolute atomic E-state index is 13.2. The molecule has 2 N–H and O–H groups in total. The maximum Gasteiger partial charge on any atom is 0.407 e. The number of amides is 2. The summed E-state index contributed by atoms with van der Waals surface area (Å²) in [5, 5.41) is 5.52. The van der Waals surface area contributed by atoms with E-state index in [1.54, 1.807) is 20.8 Å². The molecule has 6 nitrogen and oxygen atoms in total. The van der Waals surface area contributed by atoms with Gasteiger partial charge >= 0.3 is 6.09 Å². The Balaban J connectivity index is 2.77. The number of aromatic nitrogens is 1. The van der Waals surface area contributed by atoms with Gasteiger partial charge in [0.1, 0.15) is 5.60 Å². The summed E-state index contributed by atoms with van der Waals surface area (Å²) in [6.45, 7) is 11.1. The molecule has 0 spiro atoms. The molecule has 1 unspecified atom stereocenters. The van der Waals surface area contributed by atoms with E-state index < -0.39 is 29.1 Å². The van der Waals surface area contributed by atoms with Crippen molar-refractivity contribution in [2.45, 2.75) is 52.7 Å². The number of nitrogens with zero attached hydrogens (tertiary/aromatic N) is 1. The predicted octanol–water partition coefficient (Wildman–Crippen LogP) is 2.89. The Hall–Kier alpha value is -2.18. The number of carbonyl (C=O) groups excluding carboxylic acids is 2. The zero-order valence-corrected chi connectivity index (χ0v) is 15.1. The highest BCUT2D eigenvalue weighted by Crippen LogP contribution is 2.17. The lowest BCUT2D eigenvalue weighted by molar-refractivity contribution is 0.0497. The summed E-state index contributed by atoms with van der Waals surface area (Å²) >= 11 is 0. The Morgan fingerprint density at radius 3 is 2.42 bits per heavy atom. The van der Waals surface area contributed by atoms with Crippen molar-refractivity contribution in [1.29, 1.82) is 0 Å². The van der Waals surface area contributed by atoms with Gasteiger partial charge in [0, 0.05) is 24.4 Å². The van der Waals surface area contributed by atoms with Crippen LogP contribution < -0.4 is 10.6 Å². The summed E-state index contributed by atoms with van der Waals surface area (Å²) in [5.74, 6) is -1.14. The summed E-state index contributed by atoms with van der Waals surface area (Å²) in [6.07, 6.45) is 0.675. The van der Waals surface area contributed by atoms with Crippen molar-refractivity contribution in [3.8, 4) is 0 Å². The van der Waals surface area contributed by atoms with Crippen molar-refractivity contribution in [3.05, 3.63) is 29.8 Å². The summed E-state index contributed by atoms with van der Waals surface area (Å²) in [5.41, 5.74) is -1.16. The summed E-state index contributed by atoms with van der Waals surface area (Å²) in [7, 11) is 0. The highest BCUT2D eigenvalue weighted by Gasteiger charge is 2.32. The van der Waals surface area contributed by atoms with Crippen LogP contribution in [0.15, 0.2) is 18.3 Å². The molecule has 0 fully saturated rings. The fourth-order valence-corrected chi connectivity index (χ4v) is 1.84. The van der Waals surface area contributed by atoms with Crippen LogP contribution in [0, 0.1) is 11.9 Å². The molecular formula is C17H26FN3O3. The smallest absolute Gasteiger partial charge is 0.407 e. The third kappa shape index (κ3) is 6.14. The first kappa shape index (κ1) is 19.9. The topological polar surface area (TPSA) is 80.3 Å². The number of ether oxygens (including phenoxy) is 1. The van der Waals surface area contributed by atoms with Crippen molar-refractivity contribution in [2.75, 3.05) is 6.54 Å². The highest BCUT2D eigenvalue weighted by atomic mass is 19.1. The van der Waals surface area contributed by atoms with Crippen molar-refractivity contribution in [3.63, 3.8) is 0 Å². The van der Waals surface area contributed by atoms with Crippen molar-refractivity contribution < 1.29 is 18.7 Å². The van der Waals surface area contributed by atoms with E-state index in [4.69, 9.17) is 4.74 Å². The van der Waals surface area contributed by atoms with E-state index in [-0.39, 0.29) is 18.0 Å². The van der Waals surface area contributed by atoms with Crippen LogP contribution in [0.1, 0.15) is 51.9 Å². The third-order valence-electron chi connectivity index (χ3n) is 3.66. The van der Waals surface area contributed by atoms with Gasteiger partial charge in [-0.1, -0.05) is 13.8 Å². The van der Waals surface area contributed by atoms with Gasteiger partial charge < -0.3 is 15.4 Å². The van der Waals surface area contributed by atoms with Crippen LogP contribution >= 0.6 is 0 Å². The number of nitrogens with one attached hydrogen (secondary N) is 2. The number of pyridine rings is 1. The minimum absolute atomic E-state index is 0.0167. The van der Waals surface area contributed by atoms with Crippen LogP contribution in [-0.4, -0.2) is 34.7 Å². The Morgan fingerprint density at radius 2 is 1.92 bits per heavy atom. The second kappa shape index (κ2) is 7.59. The van der Waals surface area contributed by atoms with Gasteiger partial charge in [-0.25, -0.2) is 9.78 Å². The van der Waals surface area contributed by atoms with E-state index >= 15 is 0 Å². The summed E-state index contributed by atoms with van der Waals surface area (Å²) < 4.78 is 18.4. The van der Waals surface area contributed by atoms with Crippen LogP contribution in [0.5, 0.6) is 0 Å². The zero-order valence-electron chi connectivity index (χ0n) is 15.1. The fraction of sp³-hybridized carbons (Fsp3) is 0.588. The molecule has 0 aromatic carbocycles. The standard InChI is InChI=1S/C17H26FN3O3/c1-11(2)17(6,10-20-15(23)24-16(3,4)5)21-14(22)12-7-8-19-13(18)9-12/h7-9,11H,10H2,1-6H3,(H,20,23)(H,21,22). The minimum atomic E-state index is -0.728. The van der Waals surface area contributed by atoms with Gasteiger partial charge in [-0.3, -0.25) is 4.79 Å². The molecule has 7 heteroatoms. The lowest BCUT2D eigenvalue weighted by Gasteiger charge is -2.35. The van der Waals surface area contributed by atoms with Gasteiger partial charge in [-0.05, 0) is 39.7 Å². The molecule has 0 bridgehead atoms. The van der Waals surface area contributed by atoms with Gasteiger partial charge in [0.25, 0.3) is 5.91 Å². The number of hydrogen-bond donors (Lipinski definition) is 2. The molecule has 134 valence electrons. The lowest BCUT2D eigenvalue weighted by atomic mass is 9.88. The molecule has 1 aromatic heterocycles. The Labute approximate surface area is 142 Å². The monoisotopic (exact) mass is 339 g/mol. The second-order valence-electron chi connectivity index (χ2n) is 7.25. The molecule has 0 aliphatic heterocycles. The summed E-state index contributed by atoms with van der Waals surface area (Å²) in [6, 6.07) is 2.50. The van der Waals surface area contributed by atoms with Crippen LogP contribution in [0.4, 0.5) is 9.18 Å². The second-order valence-corrected chi connectivity index (χ2v) is 7.25. The van der Waals surface area contributed by atoms with Gasteiger partial charge in [0.2, 0.25) is 5.95 Å². The quantitative estimate of drug-likeness (QED) is 0.808. The predicted molar refractivity (Wildman–Crippen MR) is 89.1 cm³/mol.